The molecule has 25 heavy (non-hydrogen) atoms. The fourth-order valence-electron chi connectivity index (χ4n) is 3.36. The zero-order valence-electron chi connectivity index (χ0n) is 14.8. The van der Waals surface area contributed by atoms with Gasteiger partial charge in [-0.25, -0.2) is 0 Å². The molecule has 4 atom stereocenters. The molecule has 0 amide bonds. The van der Waals surface area contributed by atoms with E-state index in [2.05, 4.69) is 18.2 Å². The molecule has 3 rings (SSSR count). The Kier molecular flexibility index (Phi) is 6.82. The second-order valence-corrected chi connectivity index (χ2v) is 6.71. The van der Waals surface area contributed by atoms with Crippen LogP contribution in [-0.2, 0) is 20.6 Å². The zero-order chi connectivity index (χ0) is 17.5. The van der Waals surface area contributed by atoms with Crippen molar-refractivity contribution in [3.8, 4) is 0 Å². The lowest BCUT2D eigenvalue weighted by atomic mass is 9.91. The van der Waals surface area contributed by atoms with Crippen molar-refractivity contribution in [2.45, 2.75) is 38.1 Å². The predicted octanol–water partition coefficient (Wildman–Crippen LogP) is 2.91. The summed E-state index contributed by atoms with van der Waals surface area (Å²) in [5.41, 5.74) is 2.33. The molecule has 1 aliphatic carbocycles. The van der Waals surface area contributed by atoms with Crippen LogP contribution < -0.4 is 0 Å². The first kappa shape index (κ1) is 18.3. The fraction of sp³-hybridized carbons (Fsp3) is 0.524. The molecule has 1 heterocycles. The summed E-state index contributed by atoms with van der Waals surface area (Å²) in [6, 6.07) is 10.0. The number of allylic oxidation sites excluding steroid dienone is 2. The third-order valence-electron chi connectivity index (χ3n) is 4.75. The van der Waals surface area contributed by atoms with Crippen LogP contribution in [-0.4, -0.2) is 49.8 Å². The Hall–Kier alpha value is -1.46. The van der Waals surface area contributed by atoms with Gasteiger partial charge in [-0.3, -0.25) is 0 Å². The van der Waals surface area contributed by atoms with Gasteiger partial charge in [-0.05, 0) is 24.5 Å². The SMILES string of the molecule is CCOCC1C=CC=C(C2COCC(C(O)Cc3ccccc3)O2)C1. The molecule has 1 aromatic rings. The molecule has 1 aliphatic heterocycles. The molecule has 0 aromatic heterocycles. The Morgan fingerprint density at radius 1 is 1.24 bits per heavy atom. The van der Waals surface area contributed by atoms with Crippen molar-refractivity contribution < 1.29 is 19.3 Å². The Morgan fingerprint density at radius 3 is 2.88 bits per heavy atom. The molecule has 0 bridgehead atoms. The Morgan fingerprint density at radius 2 is 2.08 bits per heavy atom. The normalized spacial score (nSPS) is 27.8. The van der Waals surface area contributed by atoms with E-state index in [1.54, 1.807) is 0 Å². The number of aliphatic hydroxyl groups is 1. The first-order chi connectivity index (χ1) is 12.3. The molecular weight excluding hydrogens is 316 g/mol. The molecule has 1 aromatic carbocycles. The Bertz CT molecular complexity index is 581. The summed E-state index contributed by atoms with van der Waals surface area (Å²) in [7, 11) is 0. The summed E-state index contributed by atoms with van der Waals surface area (Å²) in [5, 5.41) is 10.6. The van der Waals surface area contributed by atoms with Crippen LogP contribution in [0.15, 0.2) is 54.1 Å². The number of hydrogen-bond acceptors (Lipinski definition) is 4. The molecule has 136 valence electrons. The van der Waals surface area contributed by atoms with Crippen LogP contribution >= 0.6 is 0 Å². The maximum atomic E-state index is 10.6. The lowest BCUT2D eigenvalue weighted by Gasteiger charge is -2.35. The van der Waals surface area contributed by atoms with Gasteiger partial charge in [0.05, 0.1) is 25.9 Å². The number of ether oxygens (including phenoxy) is 3. The first-order valence-corrected chi connectivity index (χ1v) is 9.16. The van der Waals surface area contributed by atoms with Crippen molar-refractivity contribution in [2.75, 3.05) is 26.4 Å². The van der Waals surface area contributed by atoms with Crippen molar-refractivity contribution in [1.82, 2.24) is 0 Å². The lowest BCUT2D eigenvalue weighted by Crippen LogP contribution is -2.45. The summed E-state index contributed by atoms with van der Waals surface area (Å²) in [5.74, 6) is 0.387. The van der Waals surface area contributed by atoms with E-state index >= 15 is 0 Å². The molecule has 0 saturated carbocycles. The molecule has 0 radical (unpaired) electrons. The summed E-state index contributed by atoms with van der Waals surface area (Å²) in [4.78, 5) is 0. The lowest BCUT2D eigenvalue weighted by molar-refractivity contribution is -0.161. The molecule has 0 spiro atoms. The van der Waals surface area contributed by atoms with Gasteiger partial charge in [0, 0.05) is 18.9 Å². The molecular formula is C21H28O4. The van der Waals surface area contributed by atoms with Crippen LogP contribution in [0.5, 0.6) is 0 Å². The maximum absolute atomic E-state index is 10.6. The molecule has 4 heteroatoms. The van der Waals surface area contributed by atoms with E-state index in [1.807, 2.05) is 37.3 Å². The first-order valence-electron chi connectivity index (χ1n) is 9.16. The van der Waals surface area contributed by atoms with E-state index in [0.29, 0.717) is 25.6 Å². The van der Waals surface area contributed by atoms with E-state index in [0.717, 1.165) is 25.2 Å². The highest BCUT2D eigenvalue weighted by Gasteiger charge is 2.31. The molecule has 2 aliphatic rings. The quantitative estimate of drug-likeness (QED) is 0.826. The van der Waals surface area contributed by atoms with E-state index in [-0.39, 0.29) is 12.2 Å². The van der Waals surface area contributed by atoms with E-state index in [9.17, 15) is 5.11 Å². The van der Waals surface area contributed by atoms with Crippen molar-refractivity contribution in [2.24, 2.45) is 5.92 Å². The van der Waals surface area contributed by atoms with Gasteiger partial charge in [0.1, 0.15) is 12.2 Å². The number of rotatable bonds is 7. The highest BCUT2D eigenvalue weighted by Crippen LogP contribution is 2.27. The monoisotopic (exact) mass is 344 g/mol. The molecule has 1 N–H and O–H groups in total. The minimum atomic E-state index is -0.566. The zero-order valence-corrected chi connectivity index (χ0v) is 14.8. The summed E-state index contributed by atoms with van der Waals surface area (Å²) in [6.45, 7) is 4.48. The van der Waals surface area contributed by atoms with Crippen LogP contribution in [0.2, 0.25) is 0 Å². The van der Waals surface area contributed by atoms with Gasteiger partial charge in [-0.2, -0.15) is 0 Å². The van der Waals surface area contributed by atoms with Crippen LogP contribution in [0, 0.1) is 5.92 Å². The average molecular weight is 344 g/mol. The largest absolute Gasteiger partial charge is 0.390 e. The number of benzene rings is 1. The average Bonchev–Trinajstić information content (AvgIpc) is 2.67. The number of hydrogen-bond donors (Lipinski definition) is 1. The van der Waals surface area contributed by atoms with Crippen molar-refractivity contribution in [3.63, 3.8) is 0 Å². The third kappa shape index (κ3) is 5.25. The van der Waals surface area contributed by atoms with Gasteiger partial charge in [0.2, 0.25) is 0 Å². The highest BCUT2D eigenvalue weighted by atomic mass is 16.6. The third-order valence-corrected chi connectivity index (χ3v) is 4.75. The minimum Gasteiger partial charge on any atom is -0.390 e. The summed E-state index contributed by atoms with van der Waals surface area (Å²) in [6.07, 6.45) is 6.93. The Labute approximate surface area is 150 Å². The molecule has 4 nitrogen and oxygen atoms in total. The topological polar surface area (TPSA) is 47.9 Å². The van der Waals surface area contributed by atoms with Gasteiger partial charge in [0.15, 0.2) is 0 Å². The van der Waals surface area contributed by atoms with Gasteiger partial charge < -0.3 is 19.3 Å². The van der Waals surface area contributed by atoms with E-state index in [4.69, 9.17) is 14.2 Å². The van der Waals surface area contributed by atoms with Crippen molar-refractivity contribution in [3.05, 3.63) is 59.7 Å². The Balaban J connectivity index is 1.55. The second kappa shape index (κ2) is 9.30. The van der Waals surface area contributed by atoms with Crippen LogP contribution in [0.25, 0.3) is 0 Å². The predicted molar refractivity (Wildman–Crippen MR) is 97.5 cm³/mol. The van der Waals surface area contributed by atoms with Crippen LogP contribution in [0.1, 0.15) is 18.9 Å². The van der Waals surface area contributed by atoms with E-state index < -0.39 is 6.10 Å². The highest BCUT2D eigenvalue weighted by molar-refractivity contribution is 5.24. The van der Waals surface area contributed by atoms with Crippen molar-refractivity contribution in [1.29, 1.82) is 0 Å². The van der Waals surface area contributed by atoms with Gasteiger partial charge in [-0.1, -0.05) is 48.6 Å². The molecule has 4 unspecified atom stereocenters. The smallest absolute Gasteiger partial charge is 0.108 e. The standard InChI is InChI=1S/C21H28O4/c1-2-23-13-17-9-6-10-18(11-17)20-14-24-15-21(25-20)19(22)12-16-7-4-3-5-8-16/h3-10,17,19-22H,2,11-15H2,1H3. The maximum Gasteiger partial charge on any atom is 0.108 e. The minimum absolute atomic E-state index is 0.0850. The fourth-order valence-corrected chi connectivity index (χ4v) is 3.36. The van der Waals surface area contributed by atoms with E-state index in [1.165, 1.54) is 5.57 Å². The van der Waals surface area contributed by atoms with Gasteiger partial charge in [0.25, 0.3) is 0 Å². The molecule has 1 fully saturated rings. The van der Waals surface area contributed by atoms with Crippen LogP contribution in [0.4, 0.5) is 0 Å². The van der Waals surface area contributed by atoms with Gasteiger partial charge in [-0.15, -0.1) is 0 Å². The second-order valence-electron chi connectivity index (χ2n) is 6.71. The summed E-state index contributed by atoms with van der Waals surface area (Å²) < 4.78 is 17.5. The van der Waals surface area contributed by atoms with Crippen LogP contribution in [0.3, 0.4) is 0 Å². The number of aliphatic hydroxyl groups excluding tert-OH is 1. The van der Waals surface area contributed by atoms with Gasteiger partial charge >= 0.3 is 0 Å². The summed E-state index contributed by atoms with van der Waals surface area (Å²) >= 11 is 0. The molecule has 1 saturated heterocycles. The van der Waals surface area contributed by atoms with Crippen molar-refractivity contribution >= 4 is 0 Å².